The molecule has 1 aromatic carbocycles. The zero-order valence-corrected chi connectivity index (χ0v) is 14.4. The lowest BCUT2D eigenvalue weighted by Gasteiger charge is -2.13. The number of esters is 1. The molecule has 1 aliphatic carbocycles. The highest BCUT2D eigenvalue weighted by molar-refractivity contribution is 6.29. The number of allylic oxidation sites excluding steroid dienone is 2. The van der Waals surface area contributed by atoms with Crippen molar-refractivity contribution in [1.82, 2.24) is 0 Å². The molecule has 0 heterocycles. The quantitative estimate of drug-likeness (QED) is 0.512. The molecule has 0 saturated heterocycles. The molecule has 2 atom stereocenters. The highest BCUT2D eigenvalue weighted by atomic mass is 35.5. The Morgan fingerprint density at radius 2 is 1.92 bits per heavy atom. The maximum absolute atomic E-state index is 13.9. The summed E-state index contributed by atoms with van der Waals surface area (Å²) < 4.78 is 70.2. The molecule has 2 unspecified atom stereocenters. The number of alkyl halides is 3. The summed E-state index contributed by atoms with van der Waals surface area (Å²) in [4.78, 5) is 12.1. The molecule has 0 spiro atoms. The van der Waals surface area contributed by atoms with Gasteiger partial charge >= 0.3 is 12.1 Å². The summed E-state index contributed by atoms with van der Waals surface area (Å²) in [6.07, 6.45) is -3.48. The lowest BCUT2D eigenvalue weighted by atomic mass is 10.1. The van der Waals surface area contributed by atoms with Crippen LogP contribution in [-0.4, -0.2) is 5.97 Å². The molecule has 2 rings (SSSR count). The normalized spacial score (nSPS) is 22.7. The Balaban J connectivity index is 2.13. The number of hydrogen-bond donors (Lipinski definition) is 0. The van der Waals surface area contributed by atoms with Crippen molar-refractivity contribution in [3.8, 4) is 0 Å². The molecule has 8 heteroatoms. The molecule has 0 N–H and O–H groups in total. The predicted octanol–water partition coefficient (Wildman–Crippen LogP) is 5.44. The molecule has 0 bridgehead atoms. The van der Waals surface area contributed by atoms with Crippen LogP contribution in [0.15, 0.2) is 23.2 Å². The first-order valence-electron chi connectivity index (χ1n) is 7.42. The fourth-order valence-electron chi connectivity index (χ4n) is 2.89. The van der Waals surface area contributed by atoms with Crippen molar-refractivity contribution in [3.63, 3.8) is 0 Å². The van der Waals surface area contributed by atoms with E-state index >= 15 is 0 Å². The monoisotopic (exact) mass is 382 g/mol. The maximum Gasteiger partial charge on any atom is 0.422 e. The predicted molar refractivity (Wildman–Crippen MR) is 81.5 cm³/mol. The van der Waals surface area contributed by atoms with Crippen molar-refractivity contribution >= 4 is 17.6 Å². The number of carbonyl (C=O) groups excluding carboxylic acids is 1. The summed E-state index contributed by atoms with van der Waals surface area (Å²) >= 11 is 5.80. The Hall–Kier alpha value is -1.63. The first kappa shape index (κ1) is 19.7. The van der Waals surface area contributed by atoms with Crippen LogP contribution in [0, 0.1) is 28.9 Å². The lowest BCUT2D eigenvalue weighted by molar-refractivity contribution is -0.147. The van der Waals surface area contributed by atoms with Crippen LogP contribution >= 0.6 is 11.6 Å². The van der Waals surface area contributed by atoms with E-state index < -0.39 is 52.8 Å². The molecule has 1 aliphatic rings. The second-order valence-electron chi connectivity index (χ2n) is 6.58. The van der Waals surface area contributed by atoms with Crippen molar-refractivity contribution in [1.29, 1.82) is 0 Å². The minimum Gasteiger partial charge on any atom is -0.460 e. The summed E-state index contributed by atoms with van der Waals surface area (Å²) in [5.41, 5.74) is -2.95. The van der Waals surface area contributed by atoms with Gasteiger partial charge in [-0.3, -0.25) is 4.79 Å². The van der Waals surface area contributed by atoms with E-state index in [0.717, 1.165) is 6.07 Å². The second-order valence-corrected chi connectivity index (χ2v) is 7.18. The Labute approximate surface area is 146 Å². The fraction of sp³-hybridized carbons (Fsp3) is 0.471. The number of rotatable bonds is 4. The standard InChI is InChI=1S/C17H16ClF5O2/c1-8(18)6-10-12(16(10,2)3)15(24)25-7-9-4-5-11(19)13(14(9)20)17(21,22)23/h4-6,10,12H,7H2,1-3H3. The van der Waals surface area contributed by atoms with Crippen LogP contribution in [0.4, 0.5) is 22.0 Å². The summed E-state index contributed by atoms with van der Waals surface area (Å²) in [5, 5.41) is 0.507. The van der Waals surface area contributed by atoms with E-state index in [1.807, 2.05) is 13.8 Å². The number of halogens is 6. The van der Waals surface area contributed by atoms with Gasteiger partial charge in [0.2, 0.25) is 0 Å². The van der Waals surface area contributed by atoms with Gasteiger partial charge in [0.15, 0.2) is 0 Å². The summed E-state index contributed by atoms with van der Waals surface area (Å²) in [6.45, 7) is 4.59. The van der Waals surface area contributed by atoms with Gasteiger partial charge in [-0.2, -0.15) is 13.2 Å². The van der Waals surface area contributed by atoms with Crippen molar-refractivity contribution in [2.75, 3.05) is 0 Å². The van der Waals surface area contributed by atoms with Crippen molar-refractivity contribution in [2.45, 2.75) is 33.6 Å². The molecule has 1 fully saturated rings. The highest BCUT2D eigenvalue weighted by Gasteiger charge is 2.61. The van der Waals surface area contributed by atoms with Gasteiger partial charge in [-0.1, -0.05) is 31.5 Å². The molecule has 2 nitrogen and oxygen atoms in total. The minimum absolute atomic E-state index is 0.165. The largest absolute Gasteiger partial charge is 0.460 e. The van der Waals surface area contributed by atoms with Crippen LogP contribution in [0.1, 0.15) is 31.9 Å². The number of benzene rings is 1. The third kappa shape index (κ3) is 3.97. The van der Waals surface area contributed by atoms with Crippen LogP contribution in [0.3, 0.4) is 0 Å². The van der Waals surface area contributed by atoms with Crippen LogP contribution < -0.4 is 0 Å². The smallest absolute Gasteiger partial charge is 0.422 e. The Morgan fingerprint density at radius 1 is 1.32 bits per heavy atom. The van der Waals surface area contributed by atoms with Crippen LogP contribution in [-0.2, 0) is 22.3 Å². The minimum atomic E-state index is -5.18. The molecule has 0 radical (unpaired) electrons. The topological polar surface area (TPSA) is 26.3 Å². The Bertz CT molecular complexity index is 720. The zero-order valence-electron chi connectivity index (χ0n) is 13.7. The van der Waals surface area contributed by atoms with Gasteiger partial charge in [0.1, 0.15) is 23.8 Å². The van der Waals surface area contributed by atoms with E-state index in [-0.39, 0.29) is 5.92 Å². The van der Waals surface area contributed by atoms with Crippen LogP contribution in [0.25, 0.3) is 0 Å². The van der Waals surface area contributed by atoms with Crippen molar-refractivity contribution < 1.29 is 31.5 Å². The van der Waals surface area contributed by atoms with Crippen LogP contribution in [0.5, 0.6) is 0 Å². The maximum atomic E-state index is 13.9. The van der Waals surface area contributed by atoms with Gasteiger partial charge in [-0.25, -0.2) is 8.78 Å². The first-order chi connectivity index (χ1) is 11.4. The number of carbonyl (C=O) groups is 1. The average Bonchev–Trinajstić information content (AvgIpc) is 2.96. The van der Waals surface area contributed by atoms with Crippen LogP contribution in [0.2, 0.25) is 0 Å². The van der Waals surface area contributed by atoms with Gasteiger partial charge in [0, 0.05) is 10.6 Å². The van der Waals surface area contributed by atoms with E-state index in [4.69, 9.17) is 16.3 Å². The summed E-state index contributed by atoms with van der Waals surface area (Å²) in [7, 11) is 0. The third-order valence-corrected chi connectivity index (χ3v) is 4.52. The molecule has 25 heavy (non-hydrogen) atoms. The molecule has 1 saturated carbocycles. The van der Waals surface area contributed by atoms with Crippen molar-refractivity contribution in [2.24, 2.45) is 17.3 Å². The third-order valence-electron chi connectivity index (χ3n) is 4.40. The number of hydrogen-bond acceptors (Lipinski definition) is 2. The molecule has 138 valence electrons. The first-order valence-corrected chi connectivity index (χ1v) is 7.79. The van der Waals surface area contributed by atoms with Gasteiger partial charge in [0.25, 0.3) is 0 Å². The summed E-state index contributed by atoms with van der Waals surface area (Å²) in [6, 6.07) is 1.32. The van der Waals surface area contributed by atoms with E-state index in [2.05, 4.69) is 0 Å². The van der Waals surface area contributed by atoms with E-state index in [1.165, 1.54) is 0 Å². The molecule has 0 aliphatic heterocycles. The molecule has 0 amide bonds. The molecule has 1 aromatic rings. The highest BCUT2D eigenvalue weighted by Crippen LogP contribution is 2.60. The average molecular weight is 383 g/mol. The summed E-state index contributed by atoms with van der Waals surface area (Å²) in [5.74, 6) is -4.84. The van der Waals surface area contributed by atoms with Gasteiger partial charge in [-0.15, -0.1) is 0 Å². The van der Waals surface area contributed by atoms with E-state index in [0.29, 0.717) is 11.1 Å². The van der Waals surface area contributed by atoms with Gasteiger partial charge in [0.05, 0.1) is 5.92 Å². The fourth-order valence-corrected chi connectivity index (χ4v) is 3.03. The van der Waals surface area contributed by atoms with E-state index in [9.17, 15) is 26.7 Å². The SMILES string of the molecule is CC(Cl)=CC1C(C(=O)OCc2ccc(F)c(C(F)(F)F)c2F)C1(C)C. The molecule has 0 aromatic heterocycles. The Kier molecular flexibility index (Phi) is 5.19. The lowest BCUT2D eigenvalue weighted by Crippen LogP contribution is -2.15. The Morgan fingerprint density at radius 3 is 2.44 bits per heavy atom. The second kappa shape index (κ2) is 6.59. The number of ether oxygens (including phenoxy) is 1. The van der Waals surface area contributed by atoms with Gasteiger partial charge in [-0.05, 0) is 30.4 Å². The molecular formula is C17H16ClF5O2. The van der Waals surface area contributed by atoms with Crippen molar-refractivity contribution in [3.05, 3.63) is 46.0 Å². The van der Waals surface area contributed by atoms with E-state index in [1.54, 1.807) is 13.0 Å². The zero-order chi connectivity index (χ0) is 19.2. The molecular weight excluding hydrogens is 367 g/mol. The van der Waals surface area contributed by atoms with Gasteiger partial charge < -0.3 is 4.74 Å².